The standard InChI is InChI=1S/C7H7N2/c1-8-9-7-5-3-2-4-6-7/h2-6H,1H2/q+1. The zero-order chi connectivity index (χ0) is 6.53. The quantitative estimate of drug-likeness (QED) is 0.401. The van der Waals surface area contributed by atoms with Crippen molar-refractivity contribution in [3.63, 3.8) is 0 Å². The summed E-state index contributed by atoms with van der Waals surface area (Å²) in [6.45, 7) is 0. The molecule has 0 spiro atoms. The summed E-state index contributed by atoms with van der Waals surface area (Å²) in [6, 6.07) is 9.49. The highest BCUT2D eigenvalue weighted by Gasteiger charge is 1.82. The Balaban J connectivity index is 2.85. The van der Waals surface area contributed by atoms with E-state index in [2.05, 4.69) is 17.3 Å². The summed E-state index contributed by atoms with van der Waals surface area (Å²) in [7, 11) is 3.24. The maximum Gasteiger partial charge on any atom is 0.220 e. The average Bonchev–Trinajstić information content (AvgIpc) is 1.91. The second-order valence-corrected chi connectivity index (χ2v) is 1.58. The van der Waals surface area contributed by atoms with Crippen LogP contribution in [0, 0.1) is 7.05 Å². The maximum atomic E-state index is 3.72. The van der Waals surface area contributed by atoms with Gasteiger partial charge in [-0.15, -0.1) is 5.11 Å². The van der Waals surface area contributed by atoms with Gasteiger partial charge in [-0.1, -0.05) is 18.2 Å². The van der Waals surface area contributed by atoms with Crippen LogP contribution in [0.2, 0.25) is 0 Å². The third-order valence-corrected chi connectivity index (χ3v) is 0.942. The van der Waals surface area contributed by atoms with Crippen molar-refractivity contribution in [2.75, 3.05) is 0 Å². The number of benzene rings is 1. The van der Waals surface area contributed by atoms with Crippen LogP contribution in [0.25, 0.3) is 0 Å². The van der Waals surface area contributed by atoms with E-state index >= 15 is 0 Å². The van der Waals surface area contributed by atoms with Crippen LogP contribution < -0.4 is 0 Å². The normalized spacial score (nSPS) is 10.2. The zero-order valence-electron chi connectivity index (χ0n) is 4.99. The lowest BCUT2D eigenvalue weighted by molar-refractivity contribution is 1.23. The Morgan fingerprint density at radius 3 is 2.33 bits per heavy atom. The molecule has 0 radical (unpaired) electrons. The van der Waals surface area contributed by atoms with Crippen LogP contribution in [0.5, 0.6) is 0 Å². The fourth-order valence-corrected chi connectivity index (χ4v) is 0.576. The number of hydrogen-bond donors (Lipinski definition) is 0. The second-order valence-electron chi connectivity index (χ2n) is 1.58. The fraction of sp³-hybridized carbons (Fsp3) is 0. The molecule has 0 saturated carbocycles. The molecule has 0 bridgehead atoms. The predicted octanol–water partition coefficient (Wildman–Crippen LogP) is 2.56. The molecule has 0 saturated heterocycles. The molecule has 1 aromatic rings. The van der Waals surface area contributed by atoms with Crippen LogP contribution in [0.1, 0.15) is 0 Å². The zero-order valence-corrected chi connectivity index (χ0v) is 4.99. The molecule has 44 valence electrons. The number of hydrogen-bond acceptors (Lipinski definition) is 2. The summed E-state index contributed by atoms with van der Waals surface area (Å²) in [6.07, 6.45) is 0. The molecule has 0 aliphatic heterocycles. The Kier molecular flexibility index (Phi) is 1.85. The highest BCUT2D eigenvalue weighted by molar-refractivity contribution is 5.34. The Bertz CT molecular complexity index is 191. The van der Waals surface area contributed by atoms with Gasteiger partial charge in [0.05, 0.1) is 5.69 Å². The molecular formula is C7H7N2+. The lowest BCUT2D eigenvalue weighted by Gasteiger charge is -1.83. The summed E-state index contributed by atoms with van der Waals surface area (Å²) in [5.74, 6) is 0. The Hall–Kier alpha value is -1.31. The largest absolute Gasteiger partial charge is 0.220 e. The first kappa shape index (κ1) is 5.82. The molecule has 0 heterocycles. The molecule has 0 amide bonds. The monoisotopic (exact) mass is 119 g/mol. The molecule has 0 atom stereocenters. The number of nitrogens with zero attached hydrogens (tertiary/aromatic N) is 2. The summed E-state index contributed by atoms with van der Waals surface area (Å²) in [5, 5.41) is 7.10. The van der Waals surface area contributed by atoms with Gasteiger partial charge in [0, 0.05) is 5.11 Å². The van der Waals surface area contributed by atoms with E-state index in [4.69, 9.17) is 0 Å². The molecule has 2 heteroatoms. The van der Waals surface area contributed by atoms with Crippen molar-refractivity contribution in [3.8, 4) is 0 Å². The van der Waals surface area contributed by atoms with E-state index in [0.717, 1.165) is 5.69 Å². The predicted molar refractivity (Wildman–Crippen MR) is 36.3 cm³/mol. The Morgan fingerprint density at radius 1 is 1.11 bits per heavy atom. The van der Waals surface area contributed by atoms with Gasteiger partial charge >= 0.3 is 0 Å². The van der Waals surface area contributed by atoms with Crippen LogP contribution in [-0.4, -0.2) is 0 Å². The van der Waals surface area contributed by atoms with Gasteiger partial charge in [-0.3, -0.25) is 0 Å². The lowest BCUT2D eigenvalue weighted by atomic mass is 10.3. The van der Waals surface area contributed by atoms with E-state index in [0.29, 0.717) is 0 Å². The molecule has 0 aliphatic carbocycles. The lowest BCUT2D eigenvalue weighted by Crippen LogP contribution is -1.57. The highest BCUT2D eigenvalue weighted by Crippen LogP contribution is 2.08. The van der Waals surface area contributed by atoms with E-state index in [1.807, 2.05) is 30.3 Å². The minimum absolute atomic E-state index is 0.840. The van der Waals surface area contributed by atoms with Crippen molar-refractivity contribution in [1.29, 1.82) is 0 Å². The Labute approximate surface area is 54.2 Å². The molecule has 1 rings (SSSR count). The molecule has 9 heavy (non-hydrogen) atoms. The van der Waals surface area contributed by atoms with Crippen molar-refractivity contribution < 1.29 is 0 Å². The van der Waals surface area contributed by atoms with Gasteiger partial charge in [0.25, 0.3) is 0 Å². The molecule has 1 aromatic carbocycles. The van der Waals surface area contributed by atoms with Gasteiger partial charge in [0.1, 0.15) is 0 Å². The molecule has 0 aliphatic rings. The van der Waals surface area contributed by atoms with Gasteiger partial charge < -0.3 is 0 Å². The minimum Gasteiger partial charge on any atom is -0.111 e. The maximum absolute atomic E-state index is 3.72. The van der Waals surface area contributed by atoms with Crippen LogP contribution >= 0.6 is 0 Å². The topological polar surface area (TPSA) is 24.7 Å². The molecule has 0 unspecified atom stereocenters. The smallest absolute Gasteiger partial charge is 0.111 e. The fourth-order valence-electron chi connectivity index (χ4n) is 0.576. The van der Waals surface area contributed by atoms with Crippen LogP contribution in [-0.2, 0) is 0 Å². The van der Waals surface area contributed by atoms with Crippen LogP contribution in [0.4, 0.5) is 5.69 Å². The first-order valence-electron chi connectivity index (χ1n) is 2.65. The number of azo groups is 1. The van der Waals surface area contributed by atoms with E-state index in [1.165, 1.54) is 0 Å². The van der Waals surface area contributed by atoms with Crippen molar-refractivity contribution >= 4 is 5.69 Å². The van der Waals surface area contributed by atoms with E-state index in [-0.39, 0.29) is 0 Å². The molecule has 0 N–H and O–H groups in total. The van der Waals surface area contributed by atoms with Crippen molar-refractivity contribution in [2.45, 2.75) is 0 Å². The SMILES string of the molecule is [CH2+]N=Nc1ccccc1. The third kappa shape index (κ3) is 1.57. The first-order valence-corrected chi connectivity index (χ1v) is 2.65. The van der Waals surface area contributed by atoms with E-state index in [1.54, 1.807) is 0 Å². The van der Waals surface area contributed by atoms with Gasteiger partial charge in [0.2, 0.25) is 7.05 Å². The summed E-state index contributed by atoms with van der Waals surface area (Å²) in [4.78, 5) is 0. The van der Waals surface area contributed by atoms with Crippen molar-refractivity contribution in [1.82, 2.24) is 0 Å². The highest BCUT2D eigenvalue weighted by atomic mass is 15.1. The molecule has 0 aromatic heterocycles. The van der Waals surface area contributed by atoms with Crippen LogP contribution in [0.15, 0.2) is 40.6 Å². The summed E-state index contributed by atoms with van der Waals surface area (Å²) >= 11 is 0. The first-order chi connectivity index (χ1) is 4.43. The van der Waals surface area contributed by atoms with Gasteiger partial charge in [0.15, 0.2) is 0 Å². The molecule has 2 nitrogen and oxygen atoms in total. The van der Waals surface area contributed by atoms with Gasteiger partial charge in [-0.05, 0) is 12.1 Å². The van der Waals surface area contributed by atoms with E-state index < -0.39 is 0 Å². The van der Waals surface area contributed by atoms with Crippen molar-refractivity contribution in [3.05, 3.63) is 37.4 Å². The molecule has 0 fully saturated rings. The second kappa shape index (κ2) is 2.87. The van der Waals surface area contributed by atoms with E-state index in [9.17, 15) is 0 Å². The van der Waals surface area contributed by atoms with Crippen molar-refractivity contribution in [2.24, 2.45) is 10.2 Å². The minimum atomic E-state index is 0.840. The Morgan fingerprint density at radius 2 is 1.78 bits per heavy atom. The average molecular weight is 119 g/mol. The van der Waals surface area contributed by atoms with Crippen LogP contribution in [0.3, 0.4) is 0 Å². The summed E-state index contributed by atoms with van der Waals surface area (Å²) in [5.41, 5.74) is 0.840. The number of rotatable bonds is 1. The van der Waals surface area contributed by atoms with Gasteiger partial charge in [-0.25, -0.2) is 0 Å². The third-order valence-electron chi connectivity index (χ3n) is 0.942. The summed E-state index contributed by atoms with van der Waals surface area (Å²) < 4.78 is 0. The van der Waals surface area contributed by atoms with Gasteiger partial charge in [-0.2, -0.15) is 0 Å². The molecular weight excluding hydrogens is 112 g/mol.